The van der Waals surface area contributed by atoms with E-state index in [1.807, 2.05) is 37.3 Å². The number of benzene rings is 1. The minimum Gasteiger partial charge on any atom is -0.367 e. The van der Waals surface area contributed by atoms with Gasteiger partial charge in [-0.3, -0.25) is 4.79 Å². The van der Waals surface area contributed by atoms with E-state index >= 15 is 0 Å². The van der Waals surface area contributed by atoms with Crippen LogP contribution in [0.5, 0.6) is 0 Å². The minimum absolute atomic E-state index is 0.0196. The van der Waals surface area contributed by atoms with Crippen molar-refractivity contribution in [1.82, 2.24) is 4.98 Å². The van der Waals surface area contributed by atoms with Crippen LogP contribution in [0.25, 0.3) is 0 Å². The molecule has 27 heavy (non-hydrogen) atoms. The van der Waals surface area contributed by atoms with Crippen LogP contribution in [0.1, 0.15) is 29.4 Å². The molecule has 1 atom stereocenters. The Morgan fingerprint density at radius 3 is 2.74 bits per heavy atom. The highest BCUT2D eigenvalue weighted by Gasteiger charge is 2.32. The summed E-state index contributed by atoms with van der Waals surface area (Å²) in [7, 11) is -2.94. The summed E-state index contributed by atoms with van der Waals surface area (Å²) in [5, 5.41) is 0. The first kappa shape index (κ1) is 18.0. The molecular weight excluding hydrogens is 362 g/mol. The number of anilines is 2. The number of fused-ring (bicyclic) bond motifs is 1. The van der Waals surface area contributed by atoms with Gasteiger partial charge in [-0.05, 0) is 43.5 Å². The zero-order valence-corrected chi connectivity index (χ0v) is 16.2. The summed E-state index contributed by atoms with van der Waals surface area (Å²) in [6.45, 7) is 3.38. The highest BCUT2D eigenvalue weighted by Crippen LogP contribution is 2.29. The maximum atomic E-state index is 12.9. The van der Waals surface area contributed by atoms with Crippen molar-refractivity contribution in [2.24, 2.45) is 0 Å². The van der Waals surface area contributed by atoms with E-state index in [4.69, 9.17) is 0 Å². The molecule has 0 bridgehead atoms. The van der Waals surface area contributed by atoms with Gasteiger partial charge in [0.15, 0.2) is 9.84 Å². The van der Waals surface area contributed by atoms with E-state index < -0.39 is 9.84 Å². The number of sulfone groups is 1. The SMILES string of the molecule is CCN(c1ccc(C(=O)N2CCc3ccccc32)nc1)C1CCS(=O)(=O)C1. The fourth-order valence-corrected chi connectivity index (χ4v) is 5.77. The lowest BCUT2D eigenvalue weighted by molar-refractivity contribution is 0.0984. The van der Waals surface area contributed by atoms with Crippen molar-refractivity contribution in [3.8, 4) is 0 Å². The normalized spacial score (nSPS) is 20.5. The molecule has 6 nitrogen and oxygen atoms in total. The summed E-state index contributed by atoms with van der Waals surface area (Å²) in [5.74, 6) is 0.330. The van der Waals surface area contributed by atoms with Gasteiger partial charge >= 0.3 is 0 Å². The lowest BCUT2D eigenvalue weighted by atomic mass is 10.2. The molecule has 0 radical (unpaired) electrons. The van der Waals surface area contributed by atoms with E-state index in [1.54, 1.807) is 17.2 Å². The number of nitrogens with zero attached hydrogens (tertiary/aromatic N) is 3. The molecule has 142 valence electrons. The van der Waals surface area contributed by atoms with Crippen LogP contribution in [0, 0.1) is 0 Å². The van der Waals surface area contributed by atoms with Crippen LogP contribution in [0.3, 0.4) is 0 Å². The van der Waals surface area contributed by atoms with Gasteiger partial charge in [0, 0.05) is 24.8 Å². The zero-order chi connectivity index (χ0) is 19.0. The first-order valence-electron chi connectivity index (χ1n) is 9.31. The molecule has 1 aromatic heterocycles. The predicted molar refractivity (Wildman–Crippen MR) is 106 cm³/mol. The van der Waals surface area contributed by atoms with Crippen molar-refractivity contribution >= 4 is 27.1 Å². The molecular formula is C20H23N3O3S. The Balaban J connectivity index is 1.53. The molecule has 1 fully saturated rings. The molecule has 4 rings (SSSR count). The van der Waals surface area contributed by atoms with Crippen LogP contribution in [-0.2, 0) is 16.3 Å². The summed E-state index contributed by atoms with van der Waals surface area (Å²) in [6, 6.07) is 11.5. The zero-order valence-electron chi connectivity index (χ0n) is 15.3. The second-order valence-electron chi connectivity index (χ2n) is 7.08. The Morgan fingerprint density at radius 2 is 2.07 bits per heavy atom. The van der Waals surface area contributed by atoms with Crippen molar-refractivity contribution < 1.29 is 13.2 Å². The van der Waals surface area contributed by atoms with Crippen molar-refractivity contribution in [2.45, 2.75) is 25.8 Å². The standard InChI is InChI=1S/C20H23N3O3S/c1-2-22(17-10-12-27(25,26)14-17)16-7-8-18(21-13-16)20(24)23-11-9-15-5-3-4-6-19(15)23/h3-8,13,17H,2,9-12,14H2,1H3. The third-order valence-corrected chi connectivity index (χ3v) is 7.17. The molecule has 2 aromatic rings. The van der Waals surface area contributed by atoms with Crippen LogP contribution in [0.2, 0.25) is 0 Å². The number of amides is 1. The average Bonchev–Trinajstić information content (AvgIpc) is 3.25. The first-order chi connectivity index (χ1) is 13.0. The van der Waals surface area contributed by atoms with Gasteiger partial charge < -0.3 is 9.80 Å². The number of hydrogen-bond acceptors (Lipinski definition) is 5. The first-order valence-corrected chi connectivity index (χ1v) is 11.1. The summed E-state index contributed by atoms with van der Waals surface area (Å²) >= 11 is 0. The summed E-state index contributed by atoms with van der Waals surface area (Å²) in [6.07, 6.45) is 3.19. The van der Waals surface area contributed by atoms with Gasteiger partial charge in [-0.2, -0.15) is 0 Å². The molecule has 2 aliphatic rings. The van der Waals surface area contributed by atoms with Gasteiger partial charge in [-0.15, -0.1) is 0 Å². The Kier molecular flexibility index (Phi) is 4.63. The van der Waals surface area contributed by atoms with Crippen molar-refractivity contribution in [3.63, 3.8) is 0 Å². The summed E-state index contributed by atoms with van der Waals surface area (Å²) < 4.78 is 23.6. The van der Waals surface area contributed by atoms with Crippen LogP contribution in [-0.4, -0.2) is 49.9 Å². The highest BCUT2D eigenvalue weighted by atomic mass is 32.2. The fraction of sp³-hybridized carbons (Fsp3) is 0.400. The maximum Gasteiger partial charge on any atom is 0.276 e. The van der Waals surface area contributed by atoms with Crippen LogP contribution >= 0.6 is 0 Å². The molecule has 0 aliphatic carbocycles. The van der Waals surface area contributed by atoms with E-state index in [9.17, 15) is 13.2 Å². The topological polar surface area (TPSA) is 70.6 Å². The average molecular weight is 385 g/mol. The highest BCUT2D eigenvalue weighted by molar-refractivity contribution is 7.91. The Morgan fingerprint density at radius 1 is 1.26 bits per heavy atom. The molecule has 3 heterocycles. The van der Waals surface area contributed by atoms with Crippen molar-refractivity contribution in [3.05, 3.63) is 53.9 Å². The van der Waals surface area contributed by atoms with Gasteiger partial charge in [0.1, 0.15) is 5.69 Å². The predicted octanol–water partition coefficient (Wildman–Crippen LogP) is 2.30. The number of hydrogen-bond donors (Lipinski definition) is 0. The largest absolute Gasteiger partial charge is 0.367 e. The molecule has 2 aliphatic heterocycles. The third kappa shape index (κ3) is 3.43. The molecule has 1 unspecified atom stereocenters. The monoisotopic (exact) mass is 385 g/mol. The van der Waals surface area contributed by atoms with E-state index in [0.29, 0.717) is 25.2 Å². The fourth-order valence-electron chi connectivity index (χ4n) is 4.04. The lowest BCUT2D eigenvalue weighted by Crippen LogP contribution is -2.36. The van der Waals surface area contributed by atoms with E-state index in [2.05, 4.69) is 9.88 Å². The lowest BCUT2D eigenvalue weighted by Gasteiger charge is -2.29. The number of aromatic nitrogens is 1. The maximum absolute atomic E-state index is 12.9. The number of rotatable bonds is 4. The molecule has 1 saturated heterocycles. The molecule has 0 N–H and O–H groups in total. The molecule has 0 saturated carbocycles. The quantitative estimate of drug-likeness (QED) is 0.808. The van der Waals surface area contributed by atoms with Gasteiger partial charge in [-0.1, -0.05) is 18.2 Å². The summed E-state index contributed by atoms with van der Waals surface area (Å²) in [4.78, 5) is 21.1. The smallest absolute Gasteiger partial charge is 0.276 e. The van der Waals surface area contributed by atoms with Crippen LogP contribution in [0.4, 0.5) is 11.4 Å². The number of pyridine rings is 1. The van der Waals surface area contributed by atoms with E-state index in [1.165, 1.54) is 5.56 Å². The second-order valence-corrected chi connectivity index (χ2v) is 9.31. The minimum atomic E-state index is -2.94. The molecule has 7 heteroatoms. The van der Waals surface area contributed by atoms with Crippen molar-refractivity contribution in [2.75, 3.05) is 34.4 Å². The van der Waals surface area contributed by atoms with Crippen LogP contribution in [0.15, 0.2) is 42.6 Å². The van der Waals surface area contributed by atoms with Crippen LogP contribution < -0.4 is 9.80 Å². The molecule has 1 aromatic carbocycles. The number of carbonyl (C=O) groups is 1. The van der Waals surface area contributed by atoms with Gasteiger partial charge in [-0.25, -0.2) is 13.4 Å². The second kappa shape index (κ2) is 6.96. The summed E-state index contributed by atoms with van der Waals surface area (Å²) in [5.41, 5.74) is 3.41. The molecule has 1 amide bonds. The Bertz CT molecular complexity index is 957. The number of para-hydroxylation sites is 1. The van der Waals surface area contributed by atoms with Gasteiger partial charge in [0.25, 0.3) is 5.91 Å². The number of carbonyl (C=O) groups excluding carboxylic acids is 1. The van der Waals surface area contributed by atoms with Gasteiger partial charge in [0.2, 0.25) is 0 Å². The van der Waals surface area contributed by atoms with E-state index in [-0.39, 0.29) is 23.5 Å². The van der Waals surface area contributed by atoms with Crippen molar-refractivity contribution in [1.29, 1.82) is 0 Å². The Labute approximate surface area is 159 Å². The molecule has 0 spiro atoms. The van der Waals surface area contributed by atoms with Gasteiger partial charge in [0.05, 0.1) is 23.4 Å². The Hall–Kier alpha value is -2.41. The van der Waals surface area contributed by atoms with E-state index in [0.717, 1.165) is 17.8 Å². The third-order valence-electron chi connectivity index (χ3n) is 5.42.